The number of methoxy groups -OCH3 is 1. The van der Waals surface area contributed by atoms with E-state index in [1.807, 2.05) is 6.92 Å². The van der Waals surface area contributed by atoms with E-state index in [-0.39, 0.29) is 55.7 Å². The summed E-state index contributed by atoms with van der Waals surface area (Å²) in [5, 5.41) is 43.2. The Morgan fingerprint density at radius 2 is 1.70 bits per heavy atom. The van der Waals surface area contributed by atoms with E-state index in [4.69, 9.17) is 16.3 Å². The van der Waals surface area contributed by atoms with E-state index in [1.165, 1.54) is 11.7 Å². The van der Waals surface area contributed by atoms with Crippen molar-refractivity contribution >= 4 is 22.4 Å². The van der Waals surface area contributed by atoms with Crippen molar-refractivity contribution in [2.24, 2.45) is 7.05 Å². The molecule has 4 N–H and O–H groups in total. The van der Waals surface area contributed by atoms with Crippen LogP contribution in [-0.2, 0) is 26.3 Å². The molecule has 0 saturated heterocycles. The summed E-state index contributed by atoms with van der Waals surface area (Å²) in [6.07, 6.45) is 1.93. The molecule has 3 aromatic rings. The number of pyridine rings is 1. The summed E-state index contributed by atoms with van der Waals surface area (Å²) >= 11 is 6.58. The van der Waals surface area contributed by atoms with Crippen LogP contribution in [0.4, 0.5) is 0 Å². The number of ether oxygens (including phenoxy) is 1. The maximum absolute atomic E-state index is 13.1. The van der Waals surface area contributed by atoms with Crippen molar-refractivity contribution in [1.82, 2.24) is 4.57 Å². The van der Waals surface area contributed by atoms with Crippen LogP contribution in [0, 0.1) is 0 Å². The Kier molecular flexibility index (Phi) is 4.73. The fraction of sp³-hybridized carbons (Fsp3) is 0.318. The first-order valence-corrected chi connectivity index (χ1v) is 10.0. The smallest absolute Gasteiger partial charge is 0.262 e. The molecule has 1 aliphatic carbocycles. The Morgan fingerprint density at radius 3 is 2.33 bits per heavy atom. The molecule has 1 aromatic heterocycles. The second kappa shape index (κ2) is 7.02. The van der Waals surface area contributed by atoms with Gasteiger partial charge in [0.05, 0.1) is 22.9 Å². The molecule has 0 spiro atoms. The molecule has 7 nitrogen and oxygen atoms in total. The van der Waals surface area contributed by atoms with Gasteiger partial charge in [0, 0.05) is 41.1 Å². The number of rotatable bonds is 3. The number of hydrogen-bond acceptors (Lipinski definition) is 6. The van der Waals surface area contributed by atoms with Crippen molar-refractivity contribution in [2.75, 3.05) is 7.11 Å². The van der Waals surface area contributed by atoms with Gasteiger partial charge >= 0.3 is 0 Å². The molecule has 1 aliphatic rings. The summed E-state index contributed by atoms with van der Waals surface area (Å²) in [5.74, 6) is -0.896. The lowest BCUT2D eigenvalue weighted by molar-refractivity contribution is 0.365. The van der Waals surface area contributed by atoms with Gasteiger partial charge in [-0.15, -0.1) is 0 Å². The number of aromatic nitrogens is 1. The van der Waals surface area contributed by atoms with Crippen molar-refractivity contribution in [2.45, 2.75) is 32.6 Å². The van der Waals surface area contributed by atoms with Crippen LogP contribution in [0.3, 0.4) is 0 Å². The highest BCUT2D eigenvalue weighted by atomic mass is 35.5. The Morgan fingerprint density at radius 1 is 1.03 bits per heavy atom. The van der Waals surface area contributed by atoms with Crippen molar-refractivity contribution in [3.8, 4) is 39.9 Å². The third kappa shape index (κ3) is 2.55. The highest BCUT2D eigenvalue weighted by Gasteiger charge is 2.33. The van der Waals surface area contributed by atoms with Gasteiger partial charge in [-0.2, -0.15) is 0 Å². The zero-order valence-electron chi connectivity index (χ0n) is 16.8. The lowest BCUT2D eigenvalue weighted by Gasteiger charge is -2.26. The fourth-order valence-electron chi connectivity index (χ4n) is 4.49. The number of halogens is 1. The Hall–Kier alpha value is -3.06. The molecule has 8 heteroatoms. The maximum Gasteiger partial charge on any atom is 0.262 e. The van der Waals surface area contributed by atoms with Crippen LogP contribution in [0.25, 0.3) is 21.9 Å². The molecule has 1 heterocycles. The first-order valence-electron chi connectivity index (χ1n) is 9.64. The molecule has 0 amide bonds. The molecule has 0 radical (unpaired) electrons. The minimum Gasteiger partial charge on any atom is -0.507 e. The molecule has 30 heavy (non-hydrogen) atoms. The standard InChI is InChI=1S/C22H22ClNO6/c1-4-5-11-18(23)16-17(22(29)24(11)2)20(28)15-9(19(16)27)6-7-10-14(15)12(25)8-13(26)21(10)30-3/h8,25-28H,4-7H2,1-3H3. The van der Waals surface area contributed by atoms with Crippen molar-refractivity contribution < 1.29 is 25.2 Å². The summed E-state index contributed by atoms with van der Waals surface area (Å²) in [6.45, 7) is 1.96. The van der Waals surface area contributed by atoms with Gasteiger partial charge in [0.25, 0.3) is 5.56 Å². The van der Waals surface area contributed by atoms with Crippen LogP contribution < -0.4 is 10.3 Å². The van der Waals surface area contributed by atoms with Crippen molar-refractivity contribution in [1.29, 1.82) is 0 Å². The predicted molar refractivity (Wildman–Crippen MR) is 114 cm³/mol. The number of nitrogens with zero attached hydrogens (tertiary/aromatic N) is 1. The second-order valence-corrected chi connectivity index (χ2v) is 7.86. The minimum atomic E-state index is -0.495. The number of phenolic OH excluding ortho intramolecular Hbond substituents is 4. The van der Waals surface area contributed by atoms with Gasteiger partial charge in [-0.1, -0.05) is 24.9 Å². The number of benzene rings is 2. The molecule has 4 rings (SSSR count). The largest absolute Gasteiger partial charge is 0.507 e. The minimum absolute atomic E-state index is 0.113. The molecule has 158 valence electrons. The predicted octanol–water partition coefficient (Wildman–Crippen LogP) is 3.74. The molecular weight excluding hydrogens is 410 g/mol. The van der Waals surface area contributed by atoms with E-state index in [0.717, 1.165) is 12.5 Å². The lowest BCUT2D eigenvalue weighted by atomic mass is 9.81. The first-order chi connectivity index (χ1) is 14.2. The summed E-state index contributed by atoms with van der Waals surface area (Å²) in [4.78, 5) is 13.1. The Labute approximate surface area is 177 Å². The Balaban J connectivity index is 2.21. The van der Waals surface area contributed by atoms with Crippen LogP contribution in [0.2, 0.25) is 5.02 Å². The van der Waals surface area contributed by atoms with E-state index in [0.29, 0.717) is 36.1 Å². The maximum atomic E-state index is 13.1. The molecule has 0 saturated carbocycles. The first kappa shape index (κ1) is 20.2. The number of aromatic hydroxyl groups is 4. The Bertz CT molecular complexity index is 1280. The molecular formula is C22H22ClNO6. The fourth-order valence-corrected chi connectivity index (χ4v) is 4.90. The van der Waals surface area contributed by atoms with Crippen LogP contribution >= 0.6 is 11.6 Å². The summed E-state index contributed by atoms with van der Waals surface area (Å²) < 4.78 is 6.66. The van der Waals surface area contributed by atoms with E-state index in [2.05, 4.69) is 0 Å². The molecule has 0 fully saturated rings. The summed E-state index contributed by atoms with van der Waals surface area (Å²) in [5.41, 5.74) is 1.32. The normalized spacial score (nSPS) is 12.7. The van der Waals surface area contributed by atoms with Crippen molar-refractivity contribution in [3.05, 3.63) is 38.3 Å². The molecule has 0 bridgehead atoms. The number of hydrogen-bond donors (Lipinski definition) is 4. The van der Waals surface area contributed by atoms with Gasteiger partial charge < -0.3 is 29.7 Å². The SMILES string of the molecule is CCCc1c(Cl)c2c(O)c3c(c(O)c2c(=O)n1C)-c1c(O)cc(O)c(OC)c1CC3. The average molecular weight is 432 g/mol. The van der Waals surface area contributed by atoms with E-state index < -0.39 is 5.56 Å². The highest BCUT2D eigenvalue weighted by molar-refractivity contribution is 6.37. The van der Waals surface area contributed by atoms with E-state index in [1.54, 1.807) is 7.05 Å². The van der Waals surface area contributed by atoms with Gasteiger partial charge in [0.15, 0.2) is 11.5 Å². The monoisotopic (exact) mass is 431 g/mol. The summed E-state index contributed by atoms with van der Waals surface area (Å²) in [7, 11) is 2.96. The molecule has 0 atom stereocenters. The number of phenols is 4. The van der Waals surface area contributed by atoms with Crippen LogP contribution in [0.15, 0.2) is 10.9 Å². The van der Waals surface area contributed by atoms with Gasteiger partial charge in [0.1, 0.15) is 17.2 Å². The molecule has 0 aliphatic heterocycles. The zero-order chi connectivity index (χ0) is 21.9. The van der Waals surface area contributed by atoms with E-state index in [9.17, 15) is 25.2 Å². The summed E-state index contributed by atoms with van der Waals surface area (Å²) in [6, 6.07) is 1.11. The van der Waals surface area contributed by atoms with E-state index >= 15 is 0 Å². The number of fused-ring (bicyclic) bond motifs is 4. The van der Waals surface area contributed by atoms with Gasteiger partial charge in [-0.05, 0) is 19.3 Å². The average Bonchev–Trinajstić information content (AvgIpc) is 2.71. The van der Waals surface area contributed by atoms with Gasteiger partial charge in [-0.25, -0.2) is 0 Å². The second-order valence-electron chi connectivity index (χ2n) is 7.48. The van der Waals surface area contributed by atoms with Gasteiger partial charge in [0.2, 0.25) is 0 Å². The van der Waals surface area contributed by atoms with Crippen LogP contribution in [0.1, 0.15) is 30.2 Å². The topological polar surface area (TPSA) is 112 Å². The van der Waals surface area contributed by atoms with Crippen LogP contribution in [-0.4, -0.2) is 32.1 Å². The zero-order valence-corrected chi connectivity index (χ0v) is 17.6. The van der Waals surface area contributed by atoms with Crippen molar-refractivity contribution in [3.63, 3.8) is 0 Å². The lowest BCUT2D eigenvalue weighted by Crippen LogP contribution is -2.22. The quantitative estimate of drug-likeness (QED) is 0.470. The highest BCUT2D eigenvalue weighted by Crippen LogP contribution is 2.55. The third-order valence-electron chi connectivity index (χ3n) is 5.85. The molecule has 0 unspecified atom stereocenters. The van der Waals surface area contributed by atoms with Crippen LogP contribution in [0.5, 0.6) is 28.7 Å². The molecule has 2 aromatic carbocycles. The van der Waals surface area contributed by atoms with Gasteiger partial charge in [-0.3, -0.25) is 4.79 Å². The third-order valence-corrected chi connectivity index (χ3v) is 6.26.